The van der Waals surface area contributed by atoms with Gasteiger partial charge in [0.2, 0.25) is 0 Å². The summed E-state index contributed by atoms with van der Waals surface area (Å²) in [4.78, 5) is 1.31. The fraction of sp³-hybridized carbons (Fsp3) is 0.211. The van der Waals surface area contributed by atoms with E-state index in [1.807, 2.05) is 78.9 Å². The Morgan fingerprint density at radius 1 is 0.605 bits per heavy atom. The Morgan fingerprint density at radius 2 is 1.07 bits per heavy atom. The van der Waals surface area contributed by atoms with Crippen molar-refractivity contribution < 1.29 is 19.7 Å². The van der Waals surface area contributed by atoms with Crippen LogP contribution in [0.2, 0.25) is 0 Å². The molecule has 1 aliphatic carbocycles. The van der Waals surface area contributed by atoms with E-state index in [1.54, 1.807) is 25.6 Å². The molecule has 0 fully saturated rings. The van der Waals surface area contributed by atoms with Crippen LogP contribution in [0.15, 0.2) is 103 Å². The van der Waals surface area contributed by atoms with Gasteiger partial charge in [-0.3, -0.25) is 0 Å². The van der Waals surface area contributed by atoms with Gasteiger partial charge >= 0.3 is 0 Å². The molecule has 4 nitrogen and oxygen atoms in total. The molecule has 0 aliphatic heterocycles. The van der Waals surface area contributed by atoms with Crippen LogP contribution in [0.4, 0.5) is 0 Å². The normalized spacial score (nSPS) is 19.3. The van der Waals surface area contributed by atoms with Crippen molar-refractivity contribution in [2.24, 2.45) is 0 Å². The monoisotopic (exact) mass is 586 g/mol. The summed E-state index contributed by atoms with van der Waals surface area (Å²) >= 11 is 1.77. The number of rotatable bonds is 7. The molecule has 5 heteroatoms. The van der Waals surface area contributed by atoms with E-state index in [4.69, 9.17) is 9.47 Å². The quantitative estimate of drug-likeness (QED) is 0.198. The third-order valence-corrected chi connectivity index (χ3v) is 10.1. The van der Waals surface area contributed by atoms with Gasteiger partial charge in [0.05, 0.1) is 14.2 Å². The topological polar surface area (TPSA) is 58.9 Å². The summed E-state index contributed by atoms with van der Waals surface area (Å²) in [6, 6.07) is 33.8. The van der Waals surface area contributed by atoms with Crippen LogP contribution in [-0.2, 0) is 17.6 Å². The standard InChI is InChI=1S/C38H34O4S/c1-4-5-10-31-19-26-22-34-35(23-36(26)43-31)38(40,28-13-17-30(42-3)18-14-28)33-21-25-9-7-6-8-24(25)20-32(33)37(34,39)27-11-15-29(41-2)16-12-27/h6-9,11-23,39-40H,4-5,10H2,1-3H3. The first kappa shape index (κ1) is 27.7. The molecule has 0 spiro atoms. The number of aliphatic hydroxyl groups is 2. The second kappa shape index (κ2) is 10.5. The minimum Gasteiger partial charge on any atom is -0.497 e. The lowest BCUT2D eigenvalue weighted by atomic mass is 9.63. The summed E-state index contributed by atoms with van der Waals surface area (Å²) in [5, 5.41) is 29.4. The molecule has 0 saturated heterocycles. The van der Waals surface area contributed by atoms with E-state index in [-0.39, 0.29) is 0 Å². The molecule has 6 aromatic rings. The molecular weight excluding hydrogens is 552 g/mol. The second-order valence-corrected chi connectivity index (χ2v) is 12.5. The van der Waals surface area contributed by atoms with Gasteiger partial charge in [0, 0.05) is 31.8 Å². The Bertz CT molecular complexity index is 1820. The molecule has 43 heavy (non-hydrogen) atoms. The fourth-order valence-electron chi connectivity index (χ4n) is 6.63. The molecule has 1 heterocycles. The highest BCUT2D eigenvalue weighted by Gasteiger charge is 2.51. The molecule has 0 saturated carbocycles. The Hall–Kier alpha value is -4.16. The van der Waals surface area contributed by atoms with Gasteiger partial charge in [-0.15, -0.1) is 11.3 Å². The maximum absolute atomic E-state index is 13.2. The van der Waals surface area contributed by atoms with Crippen molar-refractivity contribution in [2.45, 2.75) is 37.4 Å². The zero-order valence-corrected chi connectivity index (χ0v) is 25.4. The number of fused-ring (bicyclic) bond motifs is 4. The zero-order valence-electron chi connectivity index (χ0n) is 24.6. The van der Waals surface area contributed by atoms with Crippen LogP contribution >= 0.6 is 11.3 Å². The van der Waals surface area contributed by atoms with Crippen LogP contribution in [-0.4, -0.2) is 24.4 Å². The first-order chi connectivity index (χ1) is 20.9. The second-order valence-electron chi connectivity index (χ2n) is 11.4. The minimum absolute atomic E-state index is 0.656. The maximum Gasteiger partial charge on any atom is 0.141 e. The van der Waals surface area contributed by atoms with E-state index in [9.17, 15) is 10.2 Å². The van der Waals surface area contributed by atoms with Crippen molar-refractivity contribution in [3.05, 3.63) is 141 Å². The highest BCUT2D eigenvalue weighted by molar-refractivity contribution is 7.19. The molecule has 2 N–H and O–H groups in total. The highest BCUT2D eigenvalue weighted by Crippen LogP contribution is 2.55. The largest absolute Gasteiger partial charge is 0.497 e. The molecule has 2 unspecified atom stereocenters. The third-order valence-electron chi connectivity index (χ3n) is 8.94. The summed E-state index contributed by atoms with van der Waals surface area (Å²) in [6.45, 7) is 2.21. The highest BCUT2D eigenvalue weighted by atomic mass is 32.1. The molecule has 7 rings (SSSR count). The Labute approximate surface area is 255 Å². The number of aryl methyl sites for hydroxylation is 1. The van der Waals surface area contributed by atoms with E-state index in [2.05, 4.69) is 31.2 Å². The van der Waals surface area contributed by atoms with Gasteiger partial charge < -0.3 is 19.7 Å². The van der Waals surface area contributed by atoms with Crippen LogP contribution in [0.5, 0.6) is 11.5 Å². The summed E-state index contributed by atoms with van der Waals surface area (Å²) in [5.41, 5.74) is 1.03. The molecule has 5 aromatic carbocycles. The van der Waals surface area contributed by atoms with Crippen molar-refractivity contribution >= 4 is 32.2 Å². The number of hydrogen-bond acceptors (Lipinski definition) is 5. The number of benzene rings is 5. The minimum atomic E-state index is -1.53. The third kappa shape index (κ3) is 4.26. The van der Waals surface area contributed by atoms with Gasteiger partial charge in [0.15, 0.2) is 0 Å². The molecule has 0 radical (unpaired) electrons. The Morgan fingerprint density at radius 3 is 1.53 bits per heavy atom. The zero-order chi connectivity index (χ0) is 29.8. The number of methoxy groups -OCH3 is 2. The summed E-state index contributed by atoms with van der Waals surface area (Å²) in [6.07, 6.45) is 3.26. The predicted octanol–water partition coefficient (Wildman–Crippen LogP) is 8.30. The average molecular weight is 587 g/mol. The van der Waals surface area contributed by atoms with Crippen molar-refractivity contribution in [2.75, 3.05) is 14.2 Å². The molecule has 216 valence electrons. The SMILES string of the molecule is CCCCc1cc2cc3c(cc2s1)C(O)(c1ccc(OC)cc1)c1cc2ccccc2cc1C3(O)c1ccc(OC)cc1. The predicted molar refractivity (Wildman–Crippen MR) is 175 cm³/mol. The number of unbranched alkanes of at least 4 members (excludes halogenated alkanes) is 1. The van der Waals surface area contributed by atoms with E-state index < -0.39 is 11.2 Å². The summed E-state index contributed by atoms with van der Waals surface area (Å²) in [7, 11) is 3.28. The van der Waals surface area contributed by atoms with Crippen LogP contribution in [0.1, 0.15) is 58.0 Å². The number of hydrogen-bond donors (Lipinski definition) is 2. The van der Waals surface area contributed by atoms with Gasteiger partial charge in [0.1, 0.15) is 22.7 Å². The van der Waals surface area contributed by atoms with E-state index in [1.165, 1.54) is 4.88 Å². The van der Waals surface area contributed by atoms with Crippen LogP contribution in [0.3, 0.4) is 0 Å². The molecule has 1 aliphatic rings. The Kier molecular flexibility index (Phi) is 6.77. The molecular formula is C38H34O4S. The summed E-state index contributed by atoms with van der Waals surface area (Å²) < 4.78 is 12.0. The first-order valence-corrected chi connectivity index (χ1v) is 15.6. The van der Waals surface area contributed by atoms with Crippen molar-refractivity contribution in [3.8, 4) is 11.5 Å². The molecule has 0 bridgehead atoms. The molecule has 1 aromatic heterocycles. The van der Waals surface area contributed by atoms with Gasteiger partial charge in [-0.1, -0.05) is 61.9 Å². The molecule has 2 atom stereocenters. The maximum atomic E-state index is 13.2. The number of ether oxygens (including phenoxy) is 2. The lowest BCUT2D eigenvalue weighted by Gasteiger charge is -2.45. The van der Waals surface area contributed by atoms with Crippen LogP contribution in [0.25, 0.3) is 20.9 Å². The van der Waals surface area contributed by atoms with E-state index in [0.29, 0.717) is 44.9 Å². The Balaban J connectivity index is 1.60. The lowest BCUT2D eigenvalue weighted by molar-refractivity contribution is 0.0752. The summed E-state index contributed by atoms with van der Waals surface area (Å²) in [5.74, 6) is 1.43. The van der Waals surface area contributed by atoms with Gasteiger partial charge in [0.25, 0.3) is 0 Å². The lowest BCUT2D eigenvalue weighted by Crippen LogP contribution is -2.44. The van der Waals surface area contributed by atoms with E-state index in [0.717, 1.165) is 40.1 Å². The van der Waals surface area contributed by atoms with Crippen molar-refractivity contribution in [1.29, 1.82) is 0 Å². The van der Waals surface area contributed by atoms with Crippen molar-refractivity contribution in [3.63, 3.8) is 0 Å². The smallest absolute Gasteiger partial charge is 0.141 e. The van der Waals surface area contributed by atoms with Gasteiger partial charge in [-0.05, 0) is 94.7 Å². The van der Waals surface area contributed by atoms with Gasteiger partial charge in [-0.25, -0.2) is 0 Å². The van der Waals surface area contributed by atoms with Gasteiger partial charge in [-0.2, -0.15) is 0 Å². The van der Waals surface area contributed by atoms with Crippen LogP contribution < -0.4 is 9.47 Å². The number of thiophene rings is 1. The fourth-order valence-corrected chi connectivity index (χ4v) is 7.76. The van der Waals surface area contributed by atoms with Crippen LogP contribution in [0, 0.1) is 0 Å². The van der Waals surface area contributed by atoms with Crippen molar-refractivity contribution in [1.82, 2.24) is 0 Å². The first-order valence-electron chi connectivity index (χ1n) is 14.7. The van der Waals surface area contributed by atoms with E-state index >= 15 is 0 Å². The molecule has 0 amide bonds. The average Bonchev–Trinajstić information content (AvgIpc) is 3.47.